The van der Waals surface area contributed by atoms with Crippen LogP contribution in [0.4, 0.5) is 0 Å². The van der Waals surface area contributed by atoms with Gasteiger partial charge in [0.2, 0.25) is 0 Å². The Labute approximate surface area is 143 Å². The molecule has 0 amide bonds. The summed E-state index contributed by atoms with van der Waals surface area (Å²) in [7, 11) is -7.78. The van der Waals surface area contributed by atoms with Gasteiger partial charge in [0.15, 0.2) is 25.0 Å². The van der Waals surface area contributed by atoms with Crippen LogP contribution in [0.15, 0.2) is 0 Å². The Hall–Kier alpha value is 0.708. The molecule has 0 aromatic heterocycles. The molecule has 0 spiro atoms. The summed E-state index contributed by atoms with van der Waals surface area (Å²) in [5, 5.41) is 3.40. The average Bonchev–Trinajstić information content (AvgIpc) is 2.16. The zero-order chi connectivity index (χ0) is 17.7. The summed E-state index contributed by atoms with van der Waals surface area (Å²) in [6, 6.07) is 0.929. The van der Waals surface area contributed by atoms with Crippen molar-refractivity contribution in [2.24, 2.45) is 0 Å². The third-order valence-electron chi connectivity index (χ3n) is 2.47. The molecule has 0 atom stereocenters. The van der Waals surface area contributed by atoms with Crippen molar-refractivity contribution >= 4 is 33.8 Å². The quantitative estimate of drug-likeness (QED) is 0.423. The smallest absolute Gasteiger partial charge is 0.417 e. The van der Waals surface area contributed by atoms with E-state index < -0.39 is 33.8 Å². The van der Waals surface area contributed by atoms with Gasteiger partial charge >= 0.3 is 8.80 Å². The fourth-order valence-corrected chi connectivity index (χ4v) is 16.9. The van der Waals surface area contributed by atoms with Gasteiger partial charge in [-0.25, -0.2) is 0 Å². The summed E-state index contributed by atoms with van der Waals surface area (Å²) in [5.41, 5.74) is 0. The molecule has 0 bridgehead atoms. The molecule has 0 aromatic carbocycles. The largest absolute Gasteiger partial charge is 0.469 e. The monoisotopic (exact) mass is 381 g/mol. The molecule has 0 saturated heterocycles. The Morgan fingerprint density at radius 3 is 1.32 bits per heavy atom. The maximum Gasteiger partial charge on any atom is 0.469 e. The van der Waals surface area contributed by atoms with Gasteiger partial charge in [0.05, 0.1) is 0 Å². The number of nitrogens with one attached hydrogen (secondary N) is 1. The second-order valence-corrected chi connectivity index (χ2v) is 25.8. The molecule has 0 aromatic rings. The van der Waals surface area contributed by atoms with Gasteiger partial charge in [0, 0.05) is 6.04 Å². The second-order valence-electron chi connectivity index (χ2n) is 8.78. The molecule has 0 radical (unpaired) electrons. The molecule has 0 aliphatic carbocycles. The molecule has 1 N–H and O–H groups in total. The maximum atomic E-state index is 6.63. The highest BCUT2D eigenvalue weighted by Gasteiger charge is 2.49. The third kappa shape index (κ3) is 12.2. The lowest BCUT2D eigenvalue weighted by Crippen LogP contribution is -2.60. The molecule has 4 nitrogen and oxygen atoms in total. The van der Waals surface area contributed by atoms with Gasteiger partial charge in [-0.3, -0.25) is 0 Å². The first-order valence-corrected chi connectivity index (χ1v) is 20.6. The van der Waals surface area contributed by atoms with E-state index >= 15 is 0 Å². The van der Waals surface area contributed by atoms with Gasteiger partial charge in [0.1, 0.15) is 0 Å². The molecule has 0 aliphatic rings. The topological polar surface area (TPSA) is 39.7 Å². The highest BCUT2D eigenvalue weighted by Crippen LogP contribution is 2.29. The fourth-order valence-electron chi connectivity index (χ4n) is 2.22. The van der Waals surface area contributed by atoms with E-state index in [-0.39, 0.29) is 0 Å². The molecule has 22 heavy (non-hydrogen) atoms. The predicted molar refractivity (Wildman–Crippen MR) is 107 cm³/mol. The number of rotatable bonds is 11. The van der Waals surface area contributed by atoms with Crippen LogP contribution in [0.2, 0.25) is 65.0 Å². The summed E-state index contributed by atoms with van der Waals surface area (Å²) < 4.78 is 19.9. The molecular formula is C14H39NO3Si4. The zero-order valence-corrected chi connectivity index (χ0v) is 20.6. The van der Waals surface area contributed by atoms with Crippen LogP contribution < -0.4 is 5.32 Å². The zero-order valence-electron chi connectivity index (χ0n) is 16.6. The van der Waals surface area contributed by atoms with Crippen molar-refractivity contribution in [3.05, 3.63) is 0 Å². The maximum absolute atomic E-state index is 6.63. The van der Waals surface area contributed by atoms with Gasteiger partial charge in [-0.2, -0.15) is 0 Å². The summed E-state index contributed by atoms with van der Waals surface area (Å²) in [6.07, 6.45) is 1.06. The fraction of sp³-hybridized carbons (Fsp3) is 1.00. The van der Waals surface area contributed by atoms with Gasteiger partial charge in [-0.05, 0) is 78.4 Å². The van der Waals surface area contributed by atoms with E-state index in [4.69, 9.17) is 12.3 Å². The second kappa shape index (κ2) is 8.70. The molecule has 8 heteroatoms. The van der Waals surface area contributed by atoms with Crippen molar-refractivity contribution in [3.63, 3.8) is 0 Å². The van der Waals surface area contributed by atoms with Crippen molar-refractivity contribution in [3.8, 4) is 0 Å². The van der Waals surface area contributed by atoms with E-state index in [1.807, 2.05) is 0 Å². The van der Waals surface area contributed by atoms with Crippen LogP contribution in [0.25, 0.3) is 0 Å². The number of hydrogen-bond donors (Lipinski definition) is 1. The lowest BCUT2D eigenvalue weighted by molar-refractivity contribution is 0.250. The van der Waals surface area contributed by atoms with E-state index in [0.29, 0.717) is 0 Å². The average molecular weight is 382 g/mol. The van der Waals surface area contributed by atoms with Crippen LogP contribution >= 0.6 is 0 Å². The van der Waals surface area contributed by atoms with Gasteiger partial charge < -0.3 is 17.7 Å². The van der Waals surface area contributed by atoms with Gasteiger partial charge in [0.25, 0.3) is 0 Å². The highest BCUT2D eigenvalue weighted by atomic mass is 28.5. The van der Waals surface area contributed by atoms with Crippen LogP contribution in [0, 0.1) is 0 Å². The minimum absolute atomic E-state index is 0.929. The Balaban J connectivity index is 5.30. The third-order valence-corrected chi connectivity index (χ3v) is 14.5. The Morgan fingerprint density at radius 2 is 1.05 bits per heavy atom. The lowest BCUT2D eigenvalue weighted by atomic mass is 10.5. The molecule has 0 aliphatic heterocycles. The molecule has 0 fully saturated rings. The van der Waals surface area contributed by atoms with E-state index in [9.17, 15) is 0 Å². The molecular weight excluding hydrogens is 343 g/mol. The highest BCUT2D eigenvalue weighted by molar-refractivity contribution is 6.90. The standard InChI is InChI=1S/C14H39NO3Si4/c1-11-15-13-12-14-22(16-19(2,3)4,17-20(5,6)7)18-21(8,9)10/h15H,11-14H2,1-10H3. The first kappa shape index (κ1) is 22.7. The van der Waals surface area contributed by atoms with Crippen LogP contribution in [0.1, 0.15) is 13.3 Å². The summed E-state index contributed by atoms with van der Waals surface area (Å²) >= 11 is 0. The minimum atomic E-state index is -2.61. The van der Waals surface area contributed by atoms with Crippen molar-refractivity contribution in [1.29, 1.82) is 0 Å². The molecule has 0 unspecified atom stereocenters. The Morgan fingerprint density at radius 1 is 0.682 bits per heavy atom. The van der Waals surface area contributed by atoms with E-state index in [2.05, 4.69) is 71.2 Å². The van der Waals surface area contributed by atoms with Crippen molar-refractivity contribution in [2.75, 3.05) is 13.1 Å². The minimum Gasteiger partial charge on any atom is -0.417 e. The van der Waals surface area contributed by atoms with Crippen LogP contribution in [0.3, 0.4) is 0 Å². The van der Waals surface area contributed by atoms with E-state index in [1.165, 1.54) is 0 Å². The Bertz CT molecular complexity index is 281. The van der Waals surface area contributed by atoms with Crippen LogP contribution in [0.5, 0.6) is 0 Å². The normalized spacial score (nSPS) is 14.5. The number of hydrogen-bond acceptors (Lipinski definition) is 4. The Kier molecular flexibility index (Phi) is 8.98. The van der Waals surface area contributed by atoms with Crippen molar-refractivity contribution < 1.29 is 12.3 Å². The lowest BCUT2D eigenvalue weighted by Gasteiger charge is -2.43. The van der Waals surface area contributed by atoms with E-state index in [0.717, 1.165) is 25.6 Å². The SMILES string of the molecule is CCNCCC[Si](O[Si](C)(C)C)(O[Si](C)(C)C)O[Si](C)(C)C. The van der Waals surface area contributed by atoms with Crippen molar-refractivity contribution in [1.82, 2.24) is 5.32 Å². The van der Waals surface area contributed by atoms with Crippen LogP contribution in [-0.2, 0) is 12.3 Å². The van der Waals surface area contributed by atoms with Gasteiger partial charge in [-0.15, -0.1) is 0 Å². The van der Waals surface area contributed by atoms with Crippen LogP contribution in [-0.4, -0.2) is 46.8 Å². The first-order valence-electron chi connectivity index (χ1n) is 8.49. The summed E-state index contributed by atoms with van der Waals surface area (Å²) in [6.45, 7) is 24.3. The van der Waals surface area contributed by atoms with E-state index in [1.54, 1.807) is 0 Å². The molecule has 0 heterocycles. The predicted octanol–water partition coefficient (Wildman–Crippen LogP) is 4.48. The first-order chi connectivity index (χ1) is 9.68. The summed E-state index contributed by atoms with van der Waals surface area (Å²) in [5.74, 6) is 0. The van der Waals surface area contributed by atoms with Crippen molar-refractivity contribution in [2.45, 2.75) is 78.3 Å². The van der Waals surface area contributed by atoms with Gasteiger partial charge in [-0.1, -0.05) is 6.92 Å². The molecule has 134 valence electrons. The molecule has 0 saturated carbocycles. The summed E-state index contributed by atoms with van der Waals surface area (Å²) in [4.78, 5) is 0. The molecule has 0 rings (SSSR count).